The predicted octanol–water partition coefficient (Wildman–Crippen LogP) is 1.44. The Kier molecular flexibility index (Phi) is 5.81. The van der Waals surface area contributed by atoms with Crippen LogP contribution in [0.25, 0.3) is 0 Å². The number of carbonyl (C=O) groups is 3. The van der Waals surface area contributed by atoms with Gasteiger partial charge in [-0.25, -0.2) is 0 Å². The maximum Gasteiger partial charge on any atom is 0.313 e. The standard InChI is InChI=1S/C26H30N2O6/c1-25-11-6-3-7-16-33-24(32)20(25)19-22(30)28(14-15-29)21-23(31)27(13-8-12-26(19,21)34-25)17-18-9-4-2-5-10-18/h2,4-6,8-12,19-21,29H,3,7,13-17H2,1H3/b11-6-/t19-,20-,21?,25+,26-/m0/s1. The Balaban J connectivity index is 1.59. The summed E-state index contributed by atoms with van der Waals surface area (Å²) in [7, 11) is 0. The zero-order valence-corrected chi connectivity index (χ0v) is 19.3. The molecule has 1 unspecified atom stereocenters. The summed E-state index contributed by atoms with van der Waals surface area (Å²) in [5.74, 6) is -2.91. The molecule has 4 aliphatic heterocycles. The molecule has 5 atom stereocenters. The van der Waals surface area contributed by atoms with Crippen LogP contribution in [0, 0.1) is 11.8 Å². The molecule has 180 valence electrons. The highest BCUT2D eigenvalue weighted by molar-refractivity contribution is 5.99. The van der Waals surface area contributed by atoms with E-state index in [-0.39, 0.29) is 31.6 Å². The molecule has 2 saturated heterocycles. The van der Waals surface area contributed by atoms with Gasteiger partial charge in [-0.15, -0.1) is 0 Å². The number of hydrogen-bond donors (Lipinski definition) is 1. The van der Waals surface area contributed by atoms with Crippen LogP contribution in [0.5, 0.6) is 0 Å². The third kappa shape index (κ3) is 3.47. The van der Waals surface area contributed by atoms with Gasteiger partial charge in [0.05, 0.1) is 24.7 Å². The zero-order chi connectivity index (χ0) is 23.9. The van der Waals surface area contributed by atoms with Gasteiger partial charge in [-0.3, -0.25) is 14.4 Å². The van der Waals surface area contributed by atoms with Gasteiger partial charge >= 0.3 is 5.97 Å². The second kappa shape index (κ2) is 8.67. The number of hydrogen-bond acceptors (Lipinski definition) is 6. The monoisotopic (exact) mass is 466 g/mol. The SMILES string of the molecule is C[C@@]12/C=C\CCCOC(=O)[C@@H]1[C@H]1C(=O)N(CCO)C3C(=O)N(Cc4ccccc4)CC=C[C@@]31O2. The third-order valence-electron chi connectivity index (χ3n) is 7.39. The molecule has 4 heterocycles. The van der Waals surface area contributed by atoms with Crippen molar-refractivity contribution >= 4 is 17.8 Å². The van der Waals surface area contributed by atoms with Crippen molar-refractivity contribution in [2.75, 3.05) is 26.3 Å². The molecule has 0 aromatic heterocycles. The van der Waals surface area contributed by atoms with Crippen LogP contribution in [0.4, 0.5) is 0 Å². The highest BCUT2D eigenvalue weighted by Gasteiger charge is 2.74. The summed E-state index contributed by atoms with van der Waals surface area (Å²) < 4.78 is 12.2. The molecule has 2 fully saturated rings. The molecule has 0 bridgehead atoms. The number of aliphatic hydroxyl groups excluding tert-OH is 1. The van der Waals surface area contributed by atoms with E-state index in [4.69, 9.17) is 9.47 Å². The van der Waals surface area contributed by atoms with Gasteiger partial charge in [-0.05, 0) is 25.3 Å². The van der Waals surface area contributed by atoms with Gasteiger partial charge < -0.3 is 24.4 Å². The molecule has 34 heavy (non-hydrogen) atoms. The zero-order valence-electron chi connectivity index (χ0n) is 19.3. The first-order valence-corrected chi connectivity index (χ1v) is 11.9. The Morgan fingerprint density at radius 3 is 2.62 bits per heavy atom. The van der Waals surface area contributed by atoms with Crippen molar-refractivity contribution < 1.29 is 29.0 Å². The number of aliphatic hydroxyl groups is 1. The van der Waals surface area contributed by atoms with Crippen molar-refractivity contribution in [2.45, 2.75) is 43.6 Å². The predicted molar refractivity (Wildman–Crippen MR) is 122 cm³/mol. The van der Waals surface area contributed by atoms with Gasteiger partial charge in [0.1, 0.15) is 17.6 Å². The lowest BCUT2D eigenvalue weighted by atomic mass is 9.74. The summed E-state index contributed by atoms with van der Waals surface area (Å²) in [5.41, 5.74) is -1.44. The van der Waals surface area contributed by atoms with Crippen LogP contribution in [0.3, 0.4) is 0 Å². The molecule has 1 aromatic rings. The average molecular weight is 467 g/mol. The second-order valence-electron chi connectivity index (χ2n) is 9.57. The van der Waals surface area contributed by atoms with Gasteiger partial charge in [-0.2, -0.15) is 0 Å². The highest BCUT2D eigenvalue weighted by atomic mass is 16.6. The molecule has 1 spiro atoms. The highest BCUT2D eigenvalue weighted by Crippen LogP contribution is 2.57. The van der Waals surface area contributed by atoms with Crippen LogP contribution in [-0.2, 0) is 30.4 Å². The number of esters is 1. The van der Waals surface area contributed by atoms with Crippen molar-refractivity contribution in [2.24, 2.45) is 11.8 Å². The van der Waals surface area contributed by atoms with Gasteiger partial charge in [0.25, 0.3) is 0 Å². The van der Waals surface area contributed by atoms with Crippen LogP contribution in [0.2, 0.25) is 0 Å². The quantitative estimate of drug-likeness (QED) is 0.533. The minimum atomic E-state index is -1.32. The molecular formula is C26H30N2O6. The Morgan fingerprint density at radius 2 is 1.85 bits per heavy atom. The molecule has 2 amide bonds. The van der Waals surface area contributed by atoms with Crippen LogP contribution in [-0.4, -0.2) is 76.2 Å². The number of amides is 2. The van der Waals surface area contributed by atoms with E-state index in [1.807, 2.05) is 48.6 Å². The first-order chi connectivity index (χ1) is 16.4. The molecular weight excluding hydrogens is 436 g/mol. The normalized spacial score (nSPS) is 36.1. The minimum Gasteiger partial charge on any atom is -0.465 e. The van der Waals surface area contributed by atoms with E-state index in [0.717, 1.165) is 12.0 Å². The van der Waals surface area contributed by atoms with E-state index < -0.39 is 35.0 Å². The Morgan fingerprint density at radius 1 is 1.06 bits per heavy atom. The smallest absolute Gasteiger partial charge is 0.313 e. The fourth-order valence-electron chi connectivity index (χ4n) is 5.97. The number of ether oxygens (including phenoxy) is 2. The lowest BCUT2D eigenvalue weighted by Gasteiger charge is -2.37. The average Bonchev–Trinajstić information content (AvgIpc) is 3.16. The summed E-state index contributed by atoms with van der Waals surface area (Å²) in [4.78, 5) is 44.1. The van der Waals surface area contributed by atoms with Gasteiger partial charge in [0.2, 0.25) is 11.8 Å². The topological polar surface area (TPSA) is 96.4 Å². The fourth-order valence-corrected chi connectivity index (χ4v) is 5.97. The largest absolute Gasteiger partial charge is 0.465 e. The number of cyclic esters (lactones) is 1. The molecule has 0 saturated carbocycles. The van der Waals surface area contributed by atoms with E-state index >= 15 is 0 Å². The first kappa shape index (κ1) is 22.8. The number of benzene rings is 1. The van der Waals surface area contributed by atoms with E-state index in [1.54, 1.807) is 17.9 Å². The lowest BCUT2D eigenvalue weighted by Crippen LogP contribution is -2.56. The number of allylic oxidation sites excluding steroid dienone is 1. The van der Waals surface area contributed by atoms with Crippen LogP contribution < -0.4 is 0 Å². The summed E-state index contributed by atoms with van der Waals surface area (Å²) in [6.07, 6.45) is 8.88. The molecule has 5 rings (SSSR count). The maximum absolute atomic E-state index is 14.0. The third-order valence-corrected chi connectivity index (χ3v) is 7.39. The Labute approximate surface area is 198 Å². The molecule has 1 aromatic carbocycles. The van der Waals surface area contributed by atoms with E-state index in [0.29, 0.717) is 19.5 Å². The fraction of sp³-hybridized carbons (Fsp3) is 0.500. The molecule has 4 aliphatic rings. The van der Waals surface area contributed by atoms with Gasteiger partial charge in [0.15, 0.2) is 0 Å². The molecule has 8 nitrogen and oxygen atoms in total. The van der Waals surface area contributed by atoms with Crippen LogP contribution in [0.1, 0.15) is 25.3 Å². The van der Waals surface area contributed by atoms with E-state index in [9.17, 15) is 19.5 Å². The van der Waals surface area contributed by atoms with Crippen LogP contribution in [0.15, 0.2) is 54.6 Å². The van der Waals surface area contributed by atoms with Crippen molar-refractivity contribution in [1.82, 2.24) is 9.80 Å². The summed E-state index contributed by atoms with van der Waals surface area (Å²) in [5, 5.41) is 9.73. The molecule has 1 N–H and O–H groups in total. The lowest BCUT2D eigenvalue weighted by molar-refractivity contribution is -0.159. The minimum absolute atomic E-state index is 0.0157. The first-order valence-electron chi connectivity index (χ1n) is 11.9. The maximum atomic E-state index is 14.0. The van der Waals surface area contributed by atoms with Gasteiger partial charge in [-0.1, -0.05) is 54.6 Å². The second-order valence-corrected chi connectivity index (χ2v) is 9.57. The van der Waals surface area contributed by atoms with Crippen molar-refractivity contribution in [3.05, 3.63) is 60.2 Å². The molecule has 8 heteroatoms. The number of fused-ring (bicyclic) bond motifs is 2. The Hall–Kier alpha value is -2.97. The Bertz CT molecular complexity index is 1040. The van der Waals surface area contributed by atoms with E-state index in [1.165, 1.54) is 4.90 Å². The number of β-amino-alcohol motifs (C(OH)–C–C–N with tert-alkyl or cyclic N) is 1. The summed E-state index contributed by atoms with van der Waals surface area (Å²) >= 11 is 0. The number of likely N-dealkylation sites (tertiary alicyclic amines) is 1. The molecule has 0 aliphatic carbocycles. The van der Waals surface area contributed by atoms with Crippen molar-refractivity contribution in [3.63, 3.8) is 0 Å². The number of carbonyl (C=O) groups excluding carboxylic acids is 3. The van der Waals surface area contributed by atoms with Gasteiger partial charge in [0, 0.05) is 19.6 Å². The van der Waals surface area contributed by atoms with Crippen LogP contribution >= 0.6 is 0 Å². The number of rotatable bonds is 4. The van der Waals surface area contributed by atoms with E-state index in [2.05, 4.69) is 0 Å². The number of nitrogens with zero attached hydrogens (tertiary/aromatic N) is 2. The van der Waals surface area contributed by atoms with Crippen molar-refractivity contribution in [3.8, 4) is 0 Å². The summed E-state index contributed by atoms with van der Waals surface area (Å²) in [6.45, 7) is 2.48. The molecule has 0 radical (unpaired) electrons. The van der Waals surface area contributed by atoms with Crippen molar-refractivity contribution in [1.29, 1.82) is 0 Å². The summed E-state index contributed by atoms with van der Waals surface area (Å²) in [6, 6.07) is 8.67.